The van der Waals surface area contributed by atoms with E-state index in [0.717, 1.165) is 5.56 Å². The van der Waals surface area contributed by atoms with E-state index in [1.807, 2.05) is 12.1 Å². The van der Waals surface area contributed by atoms with E-state index in [2.05, 4.69) is 16.0 Å². The van der Waals surface area contributed by atoms with E-state index >= 15 is 0 Å². The number of pyridine rings is 1. The van der Waals surface area contributed by atoms with Crippen LogP contribution in [0.5, 0.6) is 5.75 Å². The maximum Gasteiger partial charge on any atom is 0.267 e. The van der Waals surface area contributed by atoms with Crippen molar-refractivity contribution in [2.75, 3.05) is 0 Å². The lowest BCUT2D eigenvalue weighted by molar-refractivity contribution is 0.475. The Balaban J connectivity index is 1.90. The van der Waals surface area contributed by atoms with Crippen LogP contribution >= 0.6 is 0 Å². The summed E-state index contributed by atoms with van der Waals surface area (Å²) in [4.78, 5) is 21.8. The molecule has 4 rings (SSSR count). The van der Waals surface area contributed by atoms with Crippen LogP contribution in [0.3, 0.4) is 0 Å². The third-order valence-corrected chi connectivity index (χ3v) is 4.22. The molecule has 2 heterocycles. The quantitative estimate of drug-likeness (QED) is 0.599. The summed E-state index contributed by atoms with van der Waals surface area (Å²) in [5.41, 5.74) is 2.01. The number of benzene rings is 2. The highest BCUT2D eigenvalue weighted by molar-refractivity contribution is 5.77. The zero-order chi connectivity index (χ0) is 19.5. The largest absolute Gasteiger partial charge is 0.508 e. The average molecular weight is 366 g/mol. The number of phenolic OH excluding ortho intramolecular Hbond substituents is 1. The number of fused-ring (bicyclic) bond motifs is 1. The topological polar surface area (TPSA) is 91.8 Å². The van der Waals surface area contributed by atoms with Crippen molar-refractivity contribution in [3.63, 3.8) is 0 Å². The zero-order valence-corrected chi connectivity index (χ0v) is 14.6. The Morgan fingerprint density at radius 1 is 1.04 bits per heavy atom. The van der Waals surface area contributed by atoms with E-state index in [-0.39, 0.29) is 11.3 Å². The summed E-state index contributed by atoms with van der Waals surface area (Å²) >= 11 is 0. The van der Waals surface area contributed by atoms with Gasteiger partial charge in [0.2, 0.25) is 0 Å². The Kier molecular flexibility index (Phi) is 4.40. The lowest BCUT2D eigenvalue weighted by Gasteiger charge is -2.11. The first-order chi connectivity index (χ1) is 13.7. The molecule has 0 aliphatic heterocycles. The third-order valence-electron chi connectivity index (χ3n) is 4.22. The first kappa shape index (κ1) is 17.2. The van der Waals surface area contributed by atoms with E-state index in [0.29, 0.717) is 28.1 Å². The molecule has 0 bridgehead atoms. The second-order valence-electron chi connectivity index (χ2n) is 6.07. The molecule has 6 nitrogen and oxygen atoms in total. The summed E-state index contributed by atoms with van der Waals surface area (Å²) in [7, 11) is 0. The average Bonchev–Trinajstić information content (AvgIpc) is 2.73. The van der Waals surface area contributed by atoms with Crippen molar-refractivity contribution < 1.29 is 5.11 Å². The van der Waals surface area contributed by atoms with Gasteiger partial charge in [0.1, 0.15) is 11.6 Å². The standard InChI is InChI=1S/C22H14N4O2/c23-14-16-8-6-15(7-9-16)10-11-20-25-21-19(5-2-12-24-21)22(28)26(20)17-3-1-4-18(27)13-17/h1-13,27H/b11-10+. The van der Waals surface area contributed by atoms with Crippen molar-refractivity contribution in [3.8, 4) is 17.5 Å². The first-order valence-electron chi connectivity index (χ1n) is 8.51. The van der Waals surface area contributed by atoms with Crippen LogP contribution in [0.4, 0.5) is 0 Å². The maximum absolute atomic E-state index is 13.1. The van der Waals surface area contributed by atoms with Crippen LogP contribution in [-0.4, -0.2) is 19.6 Å². The van der Waals surface area contributed by atoms with Gasteiger partial charge < -0.3 is 5.11 Å². The lowest BCUT2D eigenvalue weighted by Crippen LogP contribution is -2.22. The normalized spacial score (nSPS) is 11.0. The lowest BCUT2D eigenvalue weighted by atomic mass is 10.1. The number of rotatable bonds is 3. The number of phenols is 1. The monoisotopic (exact) mass is 366 g/mol. The Labute approximate surface area is 160 Å². The SMILES string of the molecule is N#Cc1ccc(/C=C/c2nc3ncccc3c(=O)n2-c2cccc(O)c2)cc1. The van der Waals surface area contributed by atoms with Gasteiger partial charge in [0.05, 0.1) is 22.7 Å². The Morgan fingerprint density at radius 3 is 2.61 bits per heavy atom. The van der Waals surface area contributed by atoms with Crippen molar-refractivity contribution in [2.24, 2.45) is 0 Å². The predicted octanol–water partition coefficient (Wildman–Crippen LogP) is 3.53. The van der Waals surface area contributed by atoms with Crippen LogP contribution in [0.25, 0.3) is 28.9 Å². The van der Waals surface area contributed by atoms with E-state index in [1.54, 1.807) is 54.7 Å². The second-order valence-corrected chi connectivity index (χ2v) is 6.07. The molecule has 0 atom stereocenters. The molecule has 0 spiro atoms. The predicted molar refractivity (Wildman–Crippen MR) is 107 cm³/mol. The van der Waals surface area contributed by atoms with Crippen LogP contribution in [0.1, 0.15) is 17.0 Å². The molecule has 0 saturated heterocycles. The van der Waals surface area contributed by atoms with E-state index < -0.39 is 0 Å². The van der Waals surface area contributed by atoms with Crippen LogP contribution in [0.2, 0.25) is 0 Å². The minimum atomic E-state index is -0.275. The van der Waals surface area contributed by atoms with Crippen LogP contribution < -0.4 is 5.56 Å². The summed E-state index contributed by atoms with van der Waals surface area (Å²) in [6.45, 7) is 0. The Hall–Kier alpha value is -4.24. The van der Waals surface area contributed by atoms with Crippen molar-refractivity contribution in [2.45, 2.75) is 0 Å². The van der Waals surface area contributed by atoms with Gasteiger partial charge in [-0.1, -0.05) is 24.3 Å². The summed E-state index contributed by atoms with van der Waals surface area (Å²) in [6.07, 6.45) is 5.10. The van der Waals surface area contributed by atoms with Gasteiger partial charge in [0.25, 0.3) is 5.56 Å². The van der Waals surface area contributed by atoms with E-state index in [9.17, 15) is 9.90 Å². The fourth-order valence-electron chi connectivity index (χ4n) is 2.87. The summed E-state index contributed by atoms with van der Waals surface area (Å²) < 4.78 is 1.43. The zero-order valence-electron chi connectivity index (χ0n) is 14.6. The molecule has 0 aliphatic carbocycles. The number of hydrogen-bond acceptors (Lipinski definition) is 5. The molecule has 0 amide bonds. The molecule has 4 aromatic rings. The molecule has 0 radical (unpaired) electrons. The maximum atomic E-state index is 13.1. The molecule has 28 heavy (non-hydrogen) atoms. The molecule has 0 unspecified atom stereocenters. The molecule has 6 heteroatoms. The summed E-state index contributed by atoms with van der Waals surface area (Å²) in [5.74, 6) is 0.434. The number of aromatic nitrogens is 3. The van der Waals surface area contributed by atoms with Gasteiger partial charge in [-0.25, -0.2) is 9.97 Å². The number of nitrogens with zero attached hydrogens (tertiary/aromatic N) is 4. The van der Waals surface area contributed by atoms with E-state index in [1.165, 1.54) is 16.7 Å². The molecule has 2 aromatic heterocycles. The highest BCUT2D eigenvalue weighted by Crippen LogP contribution is 2.18. The highest BCUT2D eigenvalue weighted by Gasteiger charge is 2.12. The molecule has 134 valence electrons. The number of nitriles is 1. The van der Waals surface area contributed by atoms with Gasteiger partial charge in [-0.2, -0.15) is 5.26 Å². The van der Waals surface area contributed by atoms with Crippen molar-refractivity contribution in [1.29, 1.82) is 5.26 Å². The van der Waals surface area contributed by atoms with Crippen LogP contribution in [-0.2, 0) is 0 Å². The summed E-state index contributed by atoms with van der Waals surface area (Å²) in [5, 5.41) is 19.1. The minimum absolute atomic E-state index is 0.0534. The first-order valence-corrected chi connectivity index (χ1v) is 8.51. The van der Waals surface area contributed by atoms with Gasteiger partial charge in [-0.15, -0.1) is 0 Å². The molecular weight excluding hydrogens is 352 g/mol. The second kappa shape index (κ2) is 7.17. The van der Waals surface area contributed by atoms with Gasteiger partial charge in [-0.05, 0) is 48.0 Å². The Bertz CT molecular complexity index is 1300. The number of hydrogen-bond donors (Lipinski definition) is 1. The smallest absolute Gasteiger partial charge is 0.267 e. The Morgan fingerprint density at radius 2 is 1.86 bits per heavy atom. The van der Waals surface area contributed by atoms with Crippen LogP contribution in [0.15, 0.2) is 71.7 Å². The van der Waals surface area contributed by atoms with Gasteiger partial charge in [0, 0.05) is 12.3 Å². The molecule has 2 aromatic carbocycles. The fourth-order valence-corrected chi connectivity index (χ4v) is 2.87. The van der Waals surface area contributed by atoms with Crippen molar-refractivity contribution >= 4 is 23.2 Å². The third kappa shape index (κ3) is 3.24. The van der Waals surface area contributed by atoms with Crippen LogP contribution in [0, 0.1) is 11.3 Å². The number of aromatic hydroxyl groups is 1. The molecule has 1 N–H and O–H groups in total. The van der Waals surface area contributed by atoms with Gasteiger partial charge in [0.15, 0.2) is 5.65 Å². The van der Waals surface area contributed by atoms with Crippen molar-refractivity contribution in [1.82, 2.24) is 14.5 Å². The molecule has 0 saturated carbocycles. The minimum Gasteiger partial charge on any atom is -0.508 e. The molecule has 0 aliphatic rings. The van der Waals surface area contributed by atoms with E-state index in [4.69, 9.17) is 5.26 Å². The molecular formula is C22H14N4O2. The highest BCUT2D eigenvalue weighted by atomic mass is 16.3. The fraction of sp³-hybridized carbons (Fsp3) is 0. The summed E-state index contributed by atoms with van der Waals surface area (Å²) in [6, 6.07) is 18.9. The molecule has 0 fully saturated rings. The van der Waals surface area contributed by atoms with Gasteiger partial charge >= 0.3 is 0 Å². The van der Waals surface area contributed by atoms with Gasteiger partial charge in [-0.3, -0.25) is 9.36 Å². The van der Waals surface area contributed by atoms with Crippen molar-refractivity contribution in [3.05, 3.63) is 94.2 Å².